The number of piperidine rings is 1. The zero-order valence-electron chi connectivity index (χ0n) is 13.7. The second-order valence-electron chi connectivity index (χ2n) is 6.70. The fraction of sp³-hybridized carbons (Fsp3) is 0.556. The number of imide groups is 1. The third-order valence-electron chi connectivity index (χ3n) is 5.15. The molecule has 0 radical (unpaired) electrons. The Balaban J connectivity index is 1.60. The Morgan fingerprint density at radius 1 is 1.17 bits per heavy atom. The van der Waals surface area contributed by atoms with Crippen molar-refractivity contribution in [2.75, 3.05) is 19.6 Å². The first kappa shape index (κ1) is 16.0. The minimum Gasteiger partial charge on any atom is -0.323 e. The topological polar surface area (TPSA) is 61.4 Å². The molecule has 1 atom stereocenters. The van der Waals surface area contributed by atoms with Gasteiger partial charge in [-0.1, -0.05) is 30.3 Å². The maximum absolute atomic E-state index is 12.8. The maximum Gasteiger partial charge on any atom is 0.325 e. The molecule has 0 unspecified atom stereocenters. The van der Waals surface area contributed by atoms with Crippen LogP contribution in [0.15, 0.2) is 30.3 Å². The first-order chi connectivity index (χ1) is 11.1. The number of aryl methyl sites for hydroxylation is 1. The molecule has 2 fully saturated rings. The lowest BCUT2D eigenvalue weighted by atomic mass is 9.79. The van der Waals surface area contributed by atoms with Gasteiger partial charge in [0.25, 0.3) is 5.91 Å². The molecule has 5 heteroatoms. The van der Waals surface area contributed by atoms with E-state index in [0.717, 1.165) is 38.8 Å². The Kier molecular flexibility index (Phi) is 4.66. The Labute approximate surface area is 137 Å². The predicted molar refractivity (Wildman–Crippen MR) is 89.0 cm³/mol. The highest BCUT2D eigenvalue weighted by Crippen LogP contribution is 2.31. The molecular formula is C18H25N3O2. The van der Waals surface area contributed by atoms with E-state index in [1.165, 1.54) is 10.5 Å². The van der Waals surface area contributed by atoms with E-state index in [1.54, 1.807) is 0 Å². The van der Waals surface area contributed by atoms with Crippen molar-refractivity contribution in [2.24, 2.45) is 5.92 Å². The molecule has 5 nitrogen and oxygen atoms in total. The fourth-order valence-electron chi connectivity index (χ4n) is 3.68. The summed E-state index contributed by atoms with van der Waals surface area (Å²) in [5.41, 5.74) is 0.507. The smallest absolute Gasteiger partial charge is 0.323 e. The minimum absolute atomic E-state index is 0.0533. The Morgan fingerprint density at radius 3 is 2.57 bits per heavy atom. The molecule has 2 aliphatic rings. The average molecular weight is 315 g/mol. The second kappa shape index (κ2) is 6.71. The first-order valence-corrected chi connectivity index (χ1v) is 8.50. The summed E-state index contributed by atoms with van der Waals surface area (Å²) < 4.78 is 0. The van der Waals surface area contributed by atoms with Gasteiger partial charge in [-0.2, -0.15) is 0 Å². The number of benzene rings is 1. The summed E-state index contributed by atoms with van der Waals surface area (Å²) in [7, 11) is 0. The van der Waals surface area contributed by atoms with Gasteiger partial charge in [0.05, 0.1) is 0 Å². The van der Waals surface area contributed by atoms with Gasteiger partial charge in [-0.05, 0) is 57.2 Å². The van der Waals surface area contributed by atoms with Crippen molar-refractivity contribution in [2.45, 2.75) is 38.1 Å². The Morgan fingerprint density at radius 2 is 1.87 bits per heavy atom. The van der Waals surface area contributed by atoms with E-state index < -0.39 is 5.54 Å². The number of hydrogen-bond donors (Lipinski definition) is 2. The molecule has 124 valence electrons. The number of carbonyl (C=O) groups excluding carboxylic acids is 2. The monoisotopic (exact) mass is 315 g/mol. The van der Waals surface area contributed by atoms with Crippen molar-refractivity contribution in [3.8, 4) is 0 Å². The fourth-order valence-corrected chi connectivity index (χ4v) is 3.68. The number of carbonyl (C=O) groups is 2. The Bertz CT molecular complexity index is 569. The summed E-state index contributed by atoms with van der Waals surface area (Å²) in [6, 6.07) is 9.93. The molecule has 1 aromatic carbocycles. The van der Waals surface area contributed by atoms with Gasteiger partial charge in [0.2, 0.25) is 0 Å². The zero-order chi connectivity index (χ0) is 16.3. The molecule has 2 aliphatic heterocycles. The van der Waals surface area contributed by atoms with Crippen LogP contribution in [0.4, 0.5) is 4.79 Å². The van der Waals surface area contributed by atoms with Gasteiger partial charge in [0.15, 0.2) is 0 Å². The van der Waals surface area contributed by atoms with E-state index in [4.69, 9.17) is 0 Å². The molecule has 3 amide bonds. The highest BCUT2D eigenvalue weighted by Gasteiger charge is 2.51. The third-order valence-corrected chi connectivity index (χ3v) is 5.15. The van der Waals surface area contributed by atoms with Gasteiger partial charge in [0.1, 0.15) is 5.54 Å². The van der Waals surface area contributed by atoms with Crippen LogP contribution in [0.2, 0.25) is 0 Å². The van der Waals surface area contributed by atoms with E-state index in [0.29, 0.717) is 6.54 Å². The van der Waals surface area contributed by atoms with Crippen molar-refractivity contribution in [1.29, 1.82) is 0 Å². The molecule has 2 heterocycles. The van der Waals surface area contributed by atoms with Crippen molar-refractivity contribution in [3.05, 3.63) is 35.9 Å². The number of nitrogens with one attached hydrogen (secondary N) is 2. The molecule has 2 saturated heterocycles. The first-order valence-electron chi connectivity index (χ1n) is 8.50. The second-order valence-corrected chi connectivity index (χ2v) is 6.70. The van der Waals surface area contributed by atoms with E-state index in [-0.39, 0.29) is 17.9 Å². The highest BCUT2D eigenvalue weighted by molar-refractivity contribution is 6.07. The van der Waals surface area contributed by atoms with Gasteiger partial charge in [-0.25, -0.2) is 4.79 Å². The number of hydrogen-bond acceptors (Lipinski definition) is 3. The lowest BCUT2D eigenvalue weighted by Crippen LogP contribution is -2.53. The largest absolute Gasteiger partial charge is 0.325 e. The SMILES string of the molecule is C[C@@]1(C2CCNCC2)NC(=O)N(CCCc2ccccc2)C1=O. The summed E-state index contributed by atoms with van der Waals surface area (Å²) in [5, 5.41) is 6.27. The van der Waals surface area contributed by atoms with Crippen LogP contribution in [-0.2, 0) is 11.2 Å². The molecule has 0 saturated carbocycles. The zero-order valence-corrected chi connectivity index (χ0v) is 13.7. The van der Waals surface area contributed by atoms with Crippen LogP contribution in [0.1, 0.15) is 31.7 Å². The molecule has 0 bridgehead atoms. The number of urea groups is 1. The number of rotatable bonds is 5. The van der Waals surface area contributed by atoms with Gasteiger partial charge in [-0.15, -0.1) is 0 Å². The lowest BCUT2D eigenvalue weighted by molar-refractivity contribution is -0.133. The Hall–Kier alpha value is -1.88. The highest BCUT2D eigenvalue weighted by atomic mass is 16.2. The summed E-state index contributed by atoms with van der Waals surface area (Å²) in [6.07, 6.45) is 3.54. The predicted octanol–water partition coefficient (Wildman–Crippen LogP) is 1.93. The standard InChI is InChI=1S/C18H25N3O2/c1-18(15-9-11-19-12-10-15)16(22)21(17(23)20-18)13-5-8-14-6-3-2-4-7-14/h2-4,6-7,15,19H,5,8-13H2,1H3,(H,20,23)/t18-/m0/s1. The van der Waals surface area contributed by atoms with E-state index in [2.05, 4.69) is 22.8 Å². The molecular weight excluding hydrogens is 290 g/mol. The maximum atomic E-state index is 12.8. The molecule has 0 spiro atoms. The molecule has 0 aromatic heterocycles. The number of nitrogens with zero attached hydrogens (tertiary/aromatic N) is 1. The van der Waals surface area contributed by atoms with Gasteiger partial charge >= 0.3 is 6.03 Å². The van der Waals surface area contributed by atoms with Crippen LogP contribution in [-0.4, -0.2) is 42.0 Å². The van der Waals surface area contributed by atoms with Crippen LogP contribution in [0.25, 0.3) is 0 Å². The van der Waals surface area contributed by atoms with Crippen molar-refractivity contribution < 1.29 is 9.59 Å². The van der Waals surface area contributed by atoms with Crippen molar-refractivity contribution in [1.82, 2.24) is 15.5 Å². The van der Waals surface area contributed by atoms with Crippen LogP contribution in [0, 0.1) is 5.92 Å². The van der Waals surface area contributed by atoms with Crippen LogP contribution in [0.3, 0.4) is 0 Å². The quantitative estimate of drug-likeness (QED) is 0.816. The average Bonchev–Trinajstić information content (AvgIpc) is 2.81. The molecule has 0 aliphatic carbocycles. The minimum atomic E-state index is -0.730. The van der Waals surface area contributed by atoms with Crippen molar-refractivity contribution in [3.63, 3.8) is 0 Å². The summed E-state index contributed by atoms with van der Waals surface area (Å²) >= 11 is 0. The van der Waals surface area contributed by atoms with E-state index in [9.17, 15) is 9.59 Å². The summed E-state index contributed by atoms with van der Waals surface area (Å²) in [4.78, 5) is 26.5. The molecule has 2 N–H and O–H groups in total. The van der Waals surface area contributed by atoms with Crippen LogP contribution < -0.4 is 10.6 Å². The van der Waals surface area contributed by atoms with Crippen LogP contribution in [0.5, 0.6) is 0 Å². The van der Waals surface area contributed by atoms with Gasteiger partial charge in [0, 0.05) is 6.54 Å². The number of amides is 3. The van der Waals surface area contributed by atoms with E-state index >= 15 is 0 Å². The summed E-state index contributed by atoms with van der Waals surface area (Å²) in [5.74, 6) is 0.168. The lowest BCUT2D eigenvalue weighted by Gasteiger charge is -2.34. The molecule has 3 rings (SSSR count). The molecule has 1 aromatic rings. The normalized spacial score (nSPS) is 25.7. The van der Waals surface area contributed by atoms with Crippen LogP contribution >= 0.6 is 0 Å². The summed E-state index contributed by atoms with van der Waals surface area (Å²) in [6.45, 7) is 4.20. The van der Waals surface area contributed by atoms with Gasteiger partial charge in [-0.3, -0.25) is 9.69 Å². The van der Waals surface area contributed by atoms with Crippen molar-refractivity contribution >= 4 is 11.9 Å². The molecule has 23 heavy (non-hydrogen) atoms. The van der Waals surface area contributed by atoms with Gasteiger partial charge < -0.3 is 10.6 Å². The van der Waals surface area contributed by atoms with E-state index in [1.807, 2.05) is 25.1 Å². The third kappa shape index (κ3) is 3.24.